The summed E-state index contributed by atoms with van der Waals surface area (Å²) in [7, 11) is 3.65. The van der Waals surface area contributed by atoms with E-state index in [0.29, 0.717) is 13.2 Å². The van der Waals surface area contributed by atoms with Crippen molar-refractivity contribution in [2.24, 2.45) is 0 Å². The monoisotopic (exact) mass is 374 g/mol. The summed E-state index contributed by atoms with van der Waals surface area (Å²) < 4.78 is 16.8. The number of unbranched alkanes of at least 4 members (excludes halogenated alkanes) is 1. The van der Waals surface area contributed by atoms with Crippen molar-refractivity contribution in [3.8, 4) is 0 Å². The van der Waals surface area contributed by atoms with Gasteiger partial charge in [0.1, 0.15) is 6.61 Å². The lowest BCUT2D eigenvalue weighted by Gasteiger charge is -2.29. The Balaban J connectivity index is 3.98. The maximum absolute atomic E-state index is 12.0. The molecule has 6 nitrogen and oxygen atoms in total. The van der Waals surface area contributed by atoms with E-state index < -0.39 is 5.60 Å². The Morgan fingerprint density at radius 3 is 2.23 bits per heavy atom. The zero-order valence-electron chi connectivity index (χ0n) is 18.1. The number of amides is 1. The maximum Gasteiger partial charge on any atom is 0.246 e. The van der Waals surface area contributed by atoms with Crippen LogP contribution in [0.15, 0.2) is 0 Å². The molecule has 0 aromatic carbocycles. The van der Waals surface area contributed by atoms with E-state index >= 15 is 0 Å². The third kappa shape index (κ3) is 14.5. The molecule has 0 saturated heterocycles. The minimum Gasteiger partial charge on any atom is -0.385 e. The quantitative estimate of drug-likeness (QED) is 0.407. The third-order valence-corrected chi connectivity index (χ3v) is 4.42. The van der Waals surface area contributed by atoms with Gasteiger partial charge in [-0.15, -0.1) is 0 Å². The van der Waals surface area contributed by atoms with Gasteiger partial charge in [0.25, 0.3) is 0 Å². The zero-order valence-corrected chi connectivity index (χ0v) is 18.1. The molecule has 0 radical (unpaired) electrons. The molecule has 0 fully saturated rings. The second-order valence-electron chi connectivity index (χ2n) is 8.22. The molecule has 0 spiro atoms. The van der Waals surface area contributed by atoms with Crippen molar-refractivity contribution < 1.29 is 19.0 Å². The highest BCUT2D eigenvalue weighted by Gasteiger charge is 2.23. The fourth-order valence-corrected chi connectivity index (χ4v) is 2.47. The molecule has 0 aliphatic carbocycles. The van der Waals surface area contributed by atoms with Crippen LogP contribution in [0.25, 0.3) is 0 Å². The van der Waals surface area contributed by atoms with Gasteiger partial charge in [-0.3, -0.25) is 4.79 Å². The molecule has 0 aromatic heterocycles. The highest BCUT2D eigenvalue weighted by molar-refractivity contribution is 5.77. The van der Waals surface area contributed by atoms with Gasteiger partial charge in [-0.2, -0.15) is 0 Å². The normalized spacial score (nSPS) is 13.7. The number of hydrogen-bond donors (Lipinski definition) is 2. The van der Waals surface area contributed by atoms with Gasteiger partial charge in [0.2, 0.25) is 5.91 Å². The molecule has 1 amide bonds. The van der Waals surface area contributed by atoms with E-state index in [1.807, 2.05) is 27.8 Å². The summed E-state index contributed by atoms with van der Waals surface area (Å²) in [6, 6.07) is 0.177. The lowest BCUT2D eigenvalue weighted by Crippen LogP contribution is -2.39. The van der Waals surface area contributed by atoms with Crippen molar-refractivity contribution in [2.45, 2.75) is 84.0 Å². The first-order chi connectivity index (χ1) is 12.1. The number of hydrogen-bond acceptors (Lipinski definition) is 5. The lowest BCUT2D eigenvalue weighted by molar-refractivity contribution is -0.134. The molecule has 0 bridgehead atoms. The van der Waals surface area contributed by atoms with Crippen molar-refractivity contribution >= 4 is 5.91 Å². The van der Waals surface area contributed by atoms with Crippen molar-refractivity contribution in [1.29, 1.82) is 0 Å². The van der Waals surface area contributed by atoms with Gasteiger partial charge in [-0.1, -0.05) is 6.42 Å². The van der Waals surface area contributed by atoms with Gasteiger partial charge in [-0.25, -0.2) is 0 Å². The number of carbonyl (C=O) groups is 1. The van der Waals surface area contributed by atoms with Gasteiger partial charge in [0, 0.05) is 19.8 Å². The van der Waals surface area contributed by atoms with Crippen molar-refractivity contribution in [1.82, 2.24) is 10.6 Å². The van der Waals surface area contributed by atoms with Gasteiger partial charge in [0.15, 0.2) is 0 Å². The molecular weight excluding hydrogens is 332 g/mol. The molecule has 0 heterocycles. The second-order valence-corrected chi connectivity index (χ2v) is 8.22. The van der Waals surface area contributed by atoms with Gasteiger partial charge < -0.3 is 24.8 Å². The number of methoxy groups -OCH3 is 1. The Labute approximate surface area is 160 Å². The van der Waals surface area contributed by atoms with E-state index in [0.717, 1.165) is 38.6 Å². The van der Waals surface area contributed by atoms with Gasteiger partial charge in [-0.05, 0) is 73.9 Å². The molecule has 6 heteroatoms. The van der Waals surface area contributed by atoms with Gasteiger partial charge >= 0.3 is 0 Å². The van der Waals surface area contributed by atoms with Crippen LogP contribution in [0.5, 0.6) is 0 Å². The van der Waals surface area contributed by atoms with Crippen LogP contribution in [0.1, 0.15) is 66.7 Å². The predicted molar refractivity (Wildman–Crippen MR) is 107 cm³/mol. The van der Waals surface area contributed by atoms with Crippen LogP contribution >= 0.6 is 0 Å². The second kappa shape index (κ2) is 13.5. The molecular formula is C20H42N2O4. The molecule has 0 rings (SSSR count). The van der Waals surface area contributed by atoms with E-state index in [4.69, 9.17) is 14.2 Å². The summed E-state index contributed by atoms with van der Waals surface area (Å²) in [5, 5.41) is 6.13. The van der Waals surface area contributed by atoms with E-state index in [-0.39, 0.29) is 24.2 Å². The van der Waals surface area contributed by atoms with E-state index in [1.165, 1.54) is 0 Å². The molecule has 156 valence electrons. The van der Waals surface area contributed by atoms with Crippen LogP contribution in [-0.2, 0) is 19.0 Å². The molecule has 26 heavy (non-hydrogen) atoms. The number of rotatable bonds is 16. The number of carbonyl (C=O) groups excluding carboxylic acids is 1. The first-order valence-corrected chi connectivity index (χ1v) is 9.83. The highest BCUT2D eigenvalue weighted by Crippen LogP contribution is 2.19. The van der Waals surface area contributed by atoms with Crippen LogP contribution < -0.4 is 10.6 Å². The molecule has 1 unspecified atom stereocenters. The summed E-state index contributed by atoms with van der Waals surface area (Å²) >= 11 is 0. The minimum atomic E-state index is -0.398. The Morgan fingerprint density at radius 1 is 1.00 bits per heavy atom. The third-order valence-electron chi connectivity index (χ3n) is 4.42. The van der Waals surface area contributed by atoms with Crippen LogP contribution in [-0.4, -0.2) is 63.7 Å². The lowest BCUT2D eigenvalue weighted by atomic mass is 10.0. The maximum atomic E-state index is 12.0. The Morgan fingerprint density at radius 2 is 1.62 bits per heavy atom. The Kier molecular flexibility index (Phi) is 13.1. The summed E-state index contributed by atoms with van der Waals surface area (Å²) in [5.41, 5.74) is -0.614. The van der Waals surface area contributed by atoms with Crippen LogP contribution in [0.4, 0.5) is 0 Å². The first-order valence-electron chi connectivity index (χ1n) is 9.83. The van der Waals surface area contributed by atoms with Crippen molar-refractivity contribution in [2.75, 3.05) is 40.5 Å². The largest absolute Gasteiger partial charge is 0.385 e. The number of nitrogens with one attached hydrogen (secondary N) is 2. The van der Waals surface area contributed by atoms with Crippen molar-refractivity contribution in [3.63, 3.8) is 0 Å². The van der Waals surface area contributed by atoms with E-state index in [9.17, 15) is 4.79 Å². The molecule has 2 N–H and O–H groups in total. The zero-order chi connectivity index (χ0) is 20.1. The molecule has 0 aliphatic heterocycles. The fourth-order valence-electron chi connectivity index (χ4n) is 2.47. The smallest absolute Gasteiger partial charge is 0.246 e. The standard InChI is InChI=1S/C20H42N2O4/c1-17(10-8-9-13-21-6)22-18(23)16-26-20(4,5)12-15-25-19(2,3)11-14-24-7/h17,21H,8-16H2,1-7H3,(H,22,23). The van der Waals surface area contributed by atoms with Crippen LogP contribution in [0, 0.1) is 0 Å². The molecule has 0 aromatic rings. The van der Waals surface area contributed by atoms with E-state index in [2.05, 4.69) is 24.5 Å². The average molecular weight is 375 g/mol. The molecule has 0 aliphatic rings. The Bertz CT molecular complexity index is 373. The van der Waals surface area contributed by atoms with Gasteiger partial charge in [0.05, 0.1) is 17.8 Å². The van der Waals surface area contributed by atoms with Crippen molar-refractivity contribution in [3.05, 3.63) is 0 Å². The molecule has 1 atom stereocenters. The SMILES string of the molecule is CNCCCCC(C)NC(=O)COC(C)(C)CCOC(C)(C)CCOC. The van der Waals surface area contributed by atoms with Crippen LogP contribution in [0.3, 0.4) is 0 Å². The average Bonchev–Trinajstić information content (AvgIpc) is 2.55. The number of ether oxygens (including phenoxy) is 3. The highest BCUT2D eigenvalue weighted by atomic mass is 16.5. The summed E-state index contributed by atoms with van der Waals surface area (Å²) in [6.07, 6.45) is 4.79. The molecule has 0 saturated carbocycles. The fraction of sp³-hybridized carbons (Fsp3) is 0.950. The minimum absolute atomic E-state index is 0.0551. The van der Waals surface area contributed by atoms with Crippen LogP contribution in [0.2, 0.25) is 0 Å². The summed E-state index contributed by atoms with van der Waals surface area (Å²) in [5.74, 6) is -0.0551. The topological polar surface area (TPSA) is 68.8 Å². The predicted octanol–water partition coefficient (Wildman–Crippen LogP) is 2.90. The van der Waals surface area contributed by atoms with E-state index in [1.54, 1.807) is 7.11 Å². The summed E-state index contributed by atoms with van der Waals surface area (Å²) in [6.45, 7) is 12.5. The first kappa shape index (κ1) is 25.3. The summed E-state index contributed by atoms with van der Waals surface area (Å²) in [4.78, 5) is 12.0. The Hall–Kier alpha value is -0.690.